The van der Waals surface area contributed by atoms with E-state index < -0.39 is 11.5 Å². The van der Waals surface area contributed by atoms with Crippen LogP contribution in [0.4, 0.5) is 0 Å². The Bertz CT molecular complexity index is 329. The van der Waals surface area contributed by atoms with Gasteiger partial charge in [-0.3, -0.25) is 4.79 Å². The van der Waals surface area contributed by atoms with Crippen molar-refractivity contribution in [3.05, 3.63) is 0 Å². The van der Waals surface area contributed by atoms with Crippen molar-refractivity contribution in [3.8, 4) is 0 Å². The van der Waals surface area contributed by atoms with Crippen molar-refractivity contribution in [2.24, 2.45) is 16.7 Å². The summed E-state index contributed by atoms with van der Waals surface area (Å²) in [6.07, 6.45) is 3.15. The summed E-state index contributed by atoms with van der Waals surface area (Å²) >= 11 is 0. The van der Waals surface area contributed by atoms with E-state index in [0.717, 1.165) is 19.4 Å². The Kier molecular flexibility index (Phi) is 1.25. The van der Waals surface area contributed by atoms with Crippen LogP contribution < -0.4 is 5.32 Å². The first-order valence-electron chi connectivity index (χ1n) is 5.45. The quantitative estimate of drug-likeness (QED) is 0.662. The van der Waals surface area contributed by atoms with E-state index in [9.17, 15) is 9.90 Å². The maximum Gasteiger partial charge on any atom is 0.324 e. The van der Waals surface area contributed by atoms with Crippen LogP contribution in [0.5, 0.6) is 0 Å². The number of carbonyl (C=O) groups is 1. The Hall–Kier alpha value is -0.570. The maximum absolute atomic E-state index is 11.5. The molecular weight excluding hydrogens is 178 g/mol. The Morgan fingerprint density at radius 2 is 2.21 bits per heavy atom. The van der Waals surface area contributed by atoms with Crippen LogP contribution in [0, 0.1) is 16.7 Å². The van der Waals surface area contributed by atoms with Crippen molar-refractivity contribution in [1.29, 1.82) is 0 Å². The standard InChI is InChI=1S/C11H17NO2/c1-9-6-12-11(8(13)14)5-7(9)3-4-10(9,11)2/h7,12H,3-6H2,1-2H3,(H,13,14)/t7-,9+,10-,11+/m0/s1. The number of rotatable bonds is 1. The second kappa shape index (κ2) is 2.01. The molecule has 78 valence electrons. The summed E-state index contributed by atoms with van der Waals surface area (Å²) in [5.41, 5.74) is -0.396. The van der Waals surface area contributed by atoms with Crippen molar-refractivity contribution < 1.29 is 9.90 Å². The van der Waals surface area contributed by atoms with E-state index in [4.69, 9.17) is 0 Å². The molecule has 4 bridgehead atoms. The highest BCUT2D eigenvalue weighted by Crippen LogP contribution is 2.72. The van der Waals surface area contributed by atoms with Crippen LogP contribution in [0.3, 0.4) is 0 Å². The topological polar surface area (TPSA) is 49.3 Å². The lowest BCUT2D eigenvalue weighted by Gasteiger charge is -2.39. The van der Waals surface area contributed by atoms with E-state index in [-0.39, 0.29) is 10.8 Å². The lowest BCUT2D eigenvalue weighted by molar-refractivity contribution is -0.149. The molecule has 3 fully saturated rings. The van der Waals surface area contributed by atoms with E-state index in [1.807, 2.05) is 0 Å². The summed E-state index contributed by atoms with van der Waals surface area (Å²) in [5.74, 6) is -0.00391. The Morgan fingerprint density at radius 3 is 2.64 bits per heavy atom. The van der Waals surface area contributed by atoms with Gasteiger partial charge in [-0.2, -0.15) is 0 Å². The van der Waals surface area contributed by atoms with Gasteiger partial charge in [0.25, 0.3) is 0 Å². The van der Waals surface area contributed by atoms with Gasteiger partial charge in [0, 0.05) is 12.0 Å². The third kappa shape index (κ3) is 0.553. The summed E-state index contributed by atoms with van der Waals surface area (Å²) < 4.78 is 0. The largest absolute Gasteiger partial charge is 0.480 e. The Morgan fingerprint density at radius 1 is 1.50 bits per heavy atom. The van der Waals surface area contributed by atoms with E-state index in [1.165, 1.54) is 6.42 Å². The van der Waals surface area contributed by atoms with Gasteiger partial charge in [0.1, 0.15) is 5.54 Å². The van der Waals surface area contributed by atoms with Crippen LogP contribution in [0.2, 0.25) is 0 Å². The van der Waals surface area contributed by atoms with Crippen LogP contribution in [-0.2, 0) is 4.79 Å². The van der Waals surface area contributed by atoms with Crippen LogP contribution in [0.15, 0.2) is 0 Å². The van der Waals surface area contributed by atoms with Crippen LogP contribution in [0.25, 0.3) is 0 Å². The zero-order valence-corrected chi connectivity index (χ0v) is 8.76. The number of hydrogen-bond acceptors (Lipinski definition) is 2. The molecular formula is C11H17NO2. The molecule has 0 aromatic heterocycles. The minimum Gasteiger partial charge on any atom is -0.480 e. The Balaban J connectivity index is 2.18. The minimum absolute atomic E-state index is 0.0174. The molecule has 4 atom stereocenters. The van der Waals surface area contributed by atoms with Gasteiger partial charge in [-0.25, -0.2) is 0 Å². The summed E-state index contributed by atoms with van der Waals surface area (Å²) in [6.45, 7) is 5.34. The molecule has 0 radical (unpaired) electrons. The average Bonchev–Trinajstić information content (AvgIpc) is 2.58. The van der Waals surface area contributed by atoms with Crippen molar-refractivity contribution in [3.63, 3.8) is 0 Å². The SMILES string of the molecule is C[C@@]12CC[C@H]3C[C@]1(C(=O)O)NC[C@]32C. The molecule has 3 heteroatoms. The first-order valence-corrected chi connectivity index (χ1v) is 5.45. The number of nitrogens with one attached hydrogen (secondary N) is 1. The predicted octanol–water partition coefficient (Wildman–Crippen LogP) is 1.24. The molecule has 0 aromatic carbocycles. The van der Waals surface area contributed by atoms with Gasteiger partial charge in [-0.05, 0) is 30.6 Å². The second-order valence-corrected chi connectivity index (χ2v) is 5.75. The van der Waals surface area contributed by atoms with Gasteiger partial charge >= 0.3 is 5.97 Å². The minimum atomic E-state index is -0.633. The van der Waals surface area contributed by atoms with E-state index in [2.05, 4.69) is 19.2 Å². The molecule has 0 amide bonds. The van der Waals surface area contributed by atoms with Crippen LogP contribution >= 0.6 is 0 Å². The zero-order valence-electron chi connectivity index (χ0n) is 8.76. The number of aliphatic carboxylic acids is 1. The smallest absolute Gasteiger partial charge is 0.324 e. The van der Waals surface area contributed by atoms with Gasteiger partial charge in [0.2, 0.25) is 0 Å². The van der Waals surface area contributed by atoms with Crippen molar-refractivity contribution in [2.75, 3.05) is 6.54 Å². The van der Waals surface area contributed by atoms with Gasteiger partial charge in [-0.1, -0.05) is 13.8 Å². The van der Waals surface area contributed by atoms with Gasteiger partial charge in [-0.15, -0.1) is 0 Å². The fraction of sp³-hybridized carbons (Fsp3) is 0.909. The molecule has 1 aliphatic heterocycles. The lowest BCUT2D eigenvalue weighted by atomic mass is 9.66. The molecule has 2 N–H and O–H groups in total. The summed E-state index contributed by atoms with van der Waals surface area (Å²) in [7, 11) is 0. The highest BCUT2D eigenvalue weighted by atomic mass is 16.4. The molecule has 2 aliphatic carbocycles. The monoisotopic (exact) mass is 195 g/mol. The Labute approximate surface area is 83.9 Å². The van der Waals surface area contributed by atoms with Crippen LogP contribution in [0.1, 0.15) is 33.1 Å². The number of piperidine rings is 1. The van der Waals surface area contributed by atoms with Gasteiger partial charge in [0.15, 0.2) is 0 Å². The fourth-order valence-electron chi connectivity index (χ4n) is 4.48. The molecule has 0 aromatic rings. The molecule has 1 saturated heterocycles. The highest BCUT2D eigenvalue weighted by Gasteiger charge is 2.77. The molecule has 0 spiro atoms. The molecule has 3 rings (SSSR count). The van der Waals surface area contributed by atoms with Crippen LogP contribution in [-0.4, -0.2) is 23.2 Å². The lowest BCUT2D eigenvalue weighted by Crippen LogP contribution is -2.57. The van der Waals surface area contributed by atoms with Gasteiger partial charge in [0.05, 0.1) is 0 Å². The summed E-state index contributed by atoms with van der Waals surface area (Å²) in [5, 5.41) is 12.7. The molecule has 0 unspecified atom stereocenters. The second-order valence-electron chi connectivity index (χ2n) is 5.75. The van der Waals surface area contributed by atoms with E-state index >= 15 is 0 Å². The third-order valence-electron chi connectivity index (χ3n) is 5.77. The molecule has 3 nitrogen and oxygen atoms in total. The normalized spacial score (nSPS) is 59.4. The number of hydrogen-bond donors (Lipinski definition) is 2. The van der Waals surface area contributed by atoms with Crippen molar-refractivity contribution >= 4 is 5.97 Å². The maximum atomic E-state index is 11.5. The van der Waals surface area contributed by atoms with Crippen molar-refractivity contribution in [1.82, 2.24) is 5.32 Å². The van der Waals surface area contributed by atoms with E-state index in [0.29, 0.717) is 5.92 Å². The number of carboxylic acids is 1. The molecule has 3 aliphatic rings. The average molecular weight is 195 g/mol. The molecule has 14 heavy (non-hydrogen) atoms. The first kappa shape index (κ1) is 8.72. The third-order valence-corrected chi connectivity index (χ3v) is 5.77. The summed E-state index contributed by atoms with van der Waals surface area (Å²) in [6, 6.07) is 0. The van der Waals surface area contributed by atoms with E-state index in [1.54, 1.807) is 0 Å². The van der Waals surface area contributed by atoms with Crippen molar-refractivity contribution in [2.45, 2.75) is 38.6 Å². The number of carboxylic acid groups (broad SMARTS) is 1. The molecule has 2 saturated carbocycles. The van der Waals surface area contributed by atoms with Gasteiger partial charge < -0.3 is 10.4 Å². The predicted molar refractivity (Wildman–Crippen MR) is 51.9 cm³/mol. The summed E-state index contributed by atoms with van der Waals surface area (Å²) in [4.78, 5) is 11.5. The fourth-order valence-corrected chi connectivity index (χ4v) is 4.48. The molecule has 1 heterocycles. The highest BCUT2D eigenvalue weighted by molar-refractivity contribution is 5.82. The first-order chi connectivity index (χ1) is 6.46. The zero-order chi connectivity index (χ0) is 10.2.